The normalized spacial score (nSPS) is 11.4. The molecule has 0 amide bonds. The van der Waals surface area contributed by atoms with E-state index in [1.54, 1.807) is 19.2 Å². The van der Waals surface area contributed by atoms with E-state index in [-0.39, 0.29) is 5.82 Å². The zero-order valence-electron chi connectivity index (χ0n) is 11.1. The van der Waals surface area contributed by atoms with Gasteiger partial charge in [0.2, 0.25) is 0 Å². The van der Waals surface area contributed by atoms with E-state index in [0.29, 0.717) is 17.1 Å². The molecule has 0 aliphatic heterocycles. The maximum absolute atomic E-state index is 14.2. The van der Waals surface area contributed by atoms with Gasteiger partial charge in [0.15, 0.2) is 0 Å². The summed E-state index contributed by atoms with van der Waals surface area (Å²) in [6.45, 7) is 2.00. The van der Waals surface area contributed by atoms with Crippen LogP contribution in [0.1, 0.15) is 5.69 Å². The van der Waals surface area contributed by atoms with Gasteiger partial charge in [0.25, 0.3) is 0 Å². The summed E-state index contributed by atoms with van der Waals surface area (Å²) in [5.74, 6) is 0.230. The Morgan fingerprint density at radius 3 is 2.53 bits per heavy atom. The molecular formula is C14H15FN4. The number of halogens is 1. The number of benzene rings is 1. The van der Waals surface area contributed by atoms with E-state index in [1.165, 1.54) is 4.68 Å². The Balaban J connectivity index is 2.28. The van der Waals surface area contributed by atoms with Gasteiger partial charge >= 0.3 is 0 Å². The molecule has 1 aromatic carbocycles. The van der Waals surface area contributed by atoms with Gasteiger partial charge < -0.3 is 10.3 Å². The predicted octanol–water partition coefficient (Wildman–Crippen LogP) is 2.61. The first-order chi connectivity index (χ1) is 8.97. The minimum absolute atomic E-state index is 0.281. The third-order valence-electron chi connectivity index (χ3n) is 3.56. The molecule has 0 unspecified atom stereocenters. The Kier molecular flexibility index (Phi) is 2.38. The van der Waals surface area contributed by atoms with E-state index in [9.17, 15) is 4.39 Å². The molecule has 2 aromatic heterocycles. The van der Waals surface area contributed by atoms with Crippen molar-refractivity contribution in [3.8, 4) is 11.3 Å². The van der Waals surface area contributed by atoms with E-state index in [0.717, 1.165) is 16.6 Å². The van der Waals surface area contributed by atoms with Crippen LogP contribution in [-0.4, -0.2) is 14.3 Å². The lowest BCUT2D eigenvalue weighted by molar-refractivity contribution is 0.631. The van der Waals surface area contributed by atoms with Crippen LogP contribution < -0.4 is 5.73 Å². The van der Waals surface area contributed by atoms with Gasteiger partial charge in [-0.2, -0.15) is 5.10 Å². The van der Waals surface area contributed by atoms with Gasteiger partial charge in [-0.25, -0.2) is 4.39 Å². The van der Waals surface area contributed by atoms with Crippen LogP contribution in [0.3, 0.4) is 0 Å². The number of anilines is 1. The Labute approximate surface area is 110 Å². The summed E-state index contributed by atoms with van der Waals surface area (Å²) in [6, 6.07) is 7.01. The molecule has 0 aliphatic rings. The number of nitrogen functional groups attached to an aromatic ring is 1. The Morgan fingerprint density at radius 1 is 1.16 bits per heavy atom. The molecule has 2 heterocycles. The molecule has 3 aromatic rings. The van der Waals surface area contributed by atoms with Crippen LogP contribution in [-0.2, 0) is 14.1 Å². The van der Waals surface area contributed by atoms with Crippen molar-refractivity contribution in [1.82, 2.24) is 14.3 Å². The number of nitrogens with two attached hydrogens (primary N) is 1. The van der Waals surface area contributed by atoms with Crippen molar-refractivity contribution < 1.29 is 4.39 Å². The Bertz CT molecular complexity index is 763. The van der Waals surface area contributed by atoms with Crippen molar-refractivity contribution in [2.45, 2.75) is 6.92 Å². The van der Waals surface area contributed by atoms with E-state index >= 15 is 0 Å². The summed E-state index contributed by atoms with van der Waals surface area (Å²) in [5, 5.41) is 5.12. The van der Waals surface area contributed by atoms with Gasteiger partial charge in [-0.1, -0.05) is 0 Å². The summed E-state index contributed by atoms with van der Waals surface area (Å²) in [5.41, 5.74) is 8.85. The van der Waals surface area contributed by atoms with Crippen LogP contribution in [0.5, 0.6) is 0 Å². The molecule has 19 heavy (non-hydrogen) atoms. The fourth-order valence-electron chi connectivity index (χ4n) is 2.30. The summed E-state index contributed by atoms with van der Waals surface area (Å²) in [4.78, 5) is 0. The second-order valence-corrected chi connectivity index (χ2v) is 4.81. The SMILES string of the molecule is Cc1cc2cc(F)c(-c3cc(N)n(C)n3)cc2n1C. The van der Waals surface area contributed by atoms with Crippen molar-refractivity contribution in [3.63, 3.8) is 0 Å². The Morgan fingerprint density at radius 2 is 1.89 bits per heavy atom. The molecular weight excluding hydrogens is 243 g/mol. The minimum atomic E-state index is -0.281. The van der Waals surface area contributed by atoms with Crippen LogP contribution in [0, 0.1) is 12.7 Å². The predicted molar refractivity (Wildman–Crippen MR) is 74.2 cm³/mol. The lowest BCUT2D eigenvalue weighted by Crippen LogP contribution is -1.97. The smallest absolute Gasteiger partial charge is 0.133 e. The van der Waals surface area contributed by atoms with E-state index < -0.39 is 0 Å². The highest BCUT2D eigenvalue weighted by molar-refractivity contribution is 5.86. The number of aryl methyl sites for hydroxylation is 3. The lowest BCUT2D eigenvalue weighted by Gasteiger charge is -2.03. The summed E-state index contributed by atoms with van der Waals surface area (Å²) < 4.78 is 17.8. The highest BCUT2D eigenvalue weighted by Gasteiger charge is 2.13. The maximum Gasteiger partial charge on any atom is 0.133 e. The van der Waals surface area contributed by atoms with Crippen molar-refractivity contribution in [2.75, 3.05) is 5.73 Å². The van der Waals surface area contributed by atoms with Crippen LogP contribution in [0.15, 0.2) is 24.3 Å². The molecule has 3 rings (SSSR count). The number of hydrogen-bond donors (Lipinski definition) is 1. The molecule has 0 fully saturated rings. The molecule has 2 N–H and O–H groups in total. The third kappa shape index (κ3) is 1.69. The molecule has 4 nitrogen and oxygen atoms in total. The molecule has 0 spiro atoms. The maximum atomic E-state index is 14.2. The van der Waals surface area contributed by atoms with Gasteiger partial charge in [-0.15, -0.1) is 0 Å². The third-order valence-corrected chi connectivity index (χ3v) is 3.56. The molecule has 0 radical (unpaired) electrons. The van der Waals surface area contributed by atoms with Crippen LogP contribution in [0.25, 0.3) is 22.2 Å². The number of aromatic nitrogens is 3. The molecule has 0 bridgehead atoms. The van der Waals surface area contributed by atoms with Crippen LogP contribution >= 0.6 is 0 Å². The van der Waals surface area contributed by atoms with E-state index in [2.05, 4.69) is 5.10 Å². The Hall–Kier alpha value is -2.30. The van der Waals surface area contributed by atoms with Crippen molar-refractivity contribution in [2.24, 2.45) is 14.1 Å². The largest absolute Gasteiger partial charge is 0.384 e. The lowest BCUT2D eigenvalue weighted by atomic mass is 10.1. The van der Waals surface area contributed by atoms with Gasteiger partial charge in [-0.3, -0.25) is 4.68 Å². The fraction of sp³-hybridized carbons (Fsp3) is 0.214. The first kappa shape index (κ1) is 11.8. The summed E-state index contributed by atoms with van der Waals surface area (Å²) in [7, 11) is 3.70. The topological polar surface area (TPSA) is 48.8 Å². The monoisotopic (exact) mass is 258 g/mol. The molecule has 5 heteroatoms. The second kappa shape index (κ2) is 3.85. The summed E-state index contributed by atoms with van der Waals surface area (Å²) >= 11 is 0. The number of fused-ring (bicyclic) bond motifs is 1. The van der Waals surface area contributed by atoms with Gasteiger partial charge in [0.05, 0.1) is 5.69 Å². The van der Waals surface area contributed by atoms with Gasteiger partial charge in [-0.05, 0) is 25.1 Å². The van der Waals surface area contributed by atoms with Gasteiger partial charge in [0.1, 0.15) is 11.6 Å². The quantitative estimate of drug-likeness (QED) is 0.729. The van der Waals surface area contributed by atoms with Crippen molar-refractivity contribution in [3.05, 3.63) is 35.8 Å². The molecule has 0 saturated carbocycles. The first-order valence-electron chi connectivity index (χ1n) is 6.03. The summed E-state index contributed by atoms with van der Waals surface area (Å²) in [6.07, 6.45) is 0. The van der Waals surface area contributed by atoms with E-state index in [4.69, 9.17) is 5.73 Å². The van der Waals surface area contributed by atoms with Crippen LogP contribution in [0.2, 0.25) is 0 Å². The highest BCUT2D eigenvalue weighted by Crippen LogP contribution is 2.29. The highest BCUT2D eigenvalue weighted by atomic mass is 19.1. The zero-order chi connectivity index (χ0) is 13.7. The number of rotatable bonds is 1. The minimum Gasteiger partial charge on any atom is -0.384 e. The van der Waals surface area contributed by atoms with E-state index in [1.807, 2.05) is 30.7 Å². The first-order valence-corrected chi connectivity index (χ1v) is 6.03. The molecule has 98 valence electrons. The number of hydrogen-bond acceptors (Lipinski definition) is 2. The molecule has 0 saturated heterocycles. The second-order valence-electron chi connectivity index (χ2n) is 4.81. The average molecular weight is 258 g/mol. The fourth-order valence-corrected chi connectivity index (χ4v) is 2.30. The average Bonchev–Trinajstić information content (AvgIpc) is 2.81. The van der Waals surface area contributed by atoms with Gasteiger partial charge in [0, 0.05) is 42.3 Å². The number of nitrogens with zero attached hydrogens (tertiary/aromatic N) is 3. The molecule has 0 atom stereocenters. The van der Waals surface area contributed by atoms with Crippen LogP contribution in [0.4, 0.5) is 10.2 Å². The zero-order valence-corrected chi connectivity index (χ0v) is 11.1. The van der Waals surface area contributed by atoms with Crippen molar-refractivity contribution in [1.29, 1.82) is 0 Å². The standard InChI is InChI=1S/C14H15FN4/c1-8-4-9-5-11(15)10(6-13(9)18(8)2)12-7-14(16)19(3)17-12/h4-7H,16H2,1-3H3. The molecule has 0 aliphatic carbocycles. The van der Waals surface area contributed by atoms with Crippen molar-refractivity contribution >= 4 is 16.7 Å².